The van der Waals surface area contributed by atoms with E-state index in [0.29, 0.717) is 34.1 Å². The highest BCUT2D eigenvalue weighted by atomic mass is 16.5. The third kappa shape index (κ3) is 2.86. The van der Waals surface area contributed by atoms with Gasteiger partial charge in [-0.15, -0.1) is 0 Å². The van der Waals surface area contributed by atoms with Crippen molar-refractivity contribution in [1.29, 1.82) is 0 Å². The fourth-order valence-corrected chi connectivity index (χ4v) is 2.82. The Labute approximate surface area is 153 Å². The molecule has 8 heteroatoms. The topological polar surface area (TPSA) is 105 Å². The van der Waals surface area contributed by atoms with Crippen molar-refractivity contribution in [2.45, 2.75) is 6.92 Å². The molecule has 3 amide bonds. The Morgan fingerprint density at radius 3 is 2.41 bits per heavy atom. The fraction of sp³-hybridized carbons (Fsp3) is 0.105. The molecule has 4 rings (SSSR count). The lowest BCUT2D eigenvalue weighted by molar-refractivity contribution is 0.0692. The van der Waals surface area contributed by atoms with Crippen LogP contribution in [0.25, 0.3) is 11.5 Å². The Morgan fingerprint density at radius 1 is 1.04 bits per heavy atom. The molecular weight excluding hydrogens is 348 g/mol. The van der Waals surface area contributed by atoms with E-state index in [-0.39, 0.29) is 23.3 Å². The van der Waals surface area contributed by atoms with Gasteiger partial charge in [0.2, 0.25) is 0 Å². The van der Waals surface area contributed by atoms with Crippen LogP contribution in [-0.2, 0) is 0 Å². The lowest BCUT2D eigenvalue weighted by Crippen LogP contribution is -2.24. The monoisotopic (exact) mass is 362 g/mol. The van der Waals surface area contributed by atoms with E-state index in [1.54, 1.807) is 37.3 Å². The summed E-state index contributed by atoms with van der Waals surface area (Å²) < 4.78 is 5.09. The number of benzene rings is 2. The zero-order chi connectivity index (χ0) is 19.1. The molecule has 0 aliphatic carbocycles. The zero-order valence-corrected chi connectivity index (χ0v) is 14.5. The summed E-state index contributed by atoms with van der Waals surface area (Å²) in [5.74, 6) is -0.161. The third-order valence-electron chi connectivity index (χ3n) is 4.27. The maximum absolute atomic E-state index is 12.5. The van der Waals surface area contributed by atoms with Crippen molar-refractivity contribution in [2.24, 2.45) is 0 Å². The number of carbonyl (C=O) groups excluding carboxylic acids is 3. The predicted octanol–water partition coefficient (Wildman–Crippen LogP) is 2.52. The quantitative estimate of drug-likeness (QED) is 0.718. The number of hydrogen-bond acceptors (Lipinski definition) is 6. The molecular formula is C19H14N4O4. The first-order chi connectivity index (χ1) is 12.9. The minimum absolute atomic E-state index is 0.280. The smallest absolute Gasteiger partial charge is 0.261 e. The van der Waals surface area contributed by atoms with Crippen molar-refractivity contribution in [2.75, 3.05) is 12.4 Å². The lowest BCUT2D eigenvalue weighted by atomic mass is 10.1. The highest BCUT2D eigenvalue weighted by Crippen LogP contribution is 2.25. The van der Waals surface area contributed by atoms with Crippen LogP contribution in [-0.4, -0.2) is 39.8 Å². The van der Waals surface area contributed by atoms with Gasteiger partial charge in [-0.2, -0.15) is 4.98 Å². The van der Waals surface area contributed by atoms with Crippen LogP contribution in [0, 0.1) is 6.92 Å². The summed E-state index contributed by atoms with van der Waals surface area (Å²) in [4.78, 5) is 41.6. The Balaban J connectivity index is 1.53. The number of imide groups is 1. The molecule has 1 aromatic heterocycles. The summed E-state index contributed by atoms with van der Waals surface area (Å²) in [7, 11) is 1.43. The van der Waals surface area contributed by atoms with Gasteiger partial charge in [0.05, 0.1) is 11.1 Å². The largest absolute Gasteiger partial charge is 0.334 e. The summed E-state index contributed by atoms with van der Waals surface area (Å²) in [5.41, 5.74) is 2.18. The standard InChI is InChI=1S/C19H14N4O4/c1-10-20-17(27-22-10)12-5-3-11(4-6-12)16(24)21-13-7-8-14-15(9-13)19(26)23(2)18(14)25/h3-9H,1-2H3,(H,21,24). The van der Waals surface area contributed by atoms with Gasteiger partial charge in [-0.25, -0.2) is 0 Å². The first-order valence-corrected chi connectivity index (χ1v) is 8.12. The molecule has 27 heavy (non-hydrogen) atoms. The van der Waals surface area contributed by atoms with Crippen molar-refractivity contribution in [3.05, 3.63) is 65.0 Å². The molecule has 1 aliphatic rings. The van der Waals surface area contributed by atoms with E-state index in [0.717, 1.165) is 4.90 Å². The summed E-state index contributed by atoms with van der Waals surface area (Å²) >= 11 is 0. The van der Waals surface area contributed by atoms with E-state index < -0.39 is 0 Å². The molecule has 134 valence electrons. The molecule has 0 fully saturated rings. The Bertz CT molecular complexity index is 1090. The minimum Gasteiger partial charge on any atom is -0.334 e. The minimum atomic E-state index is -0.384. The molecule has 0 atom stereocenters. The van der Waals surface area contributed by atoms with E-state index in [1.165, 1.54) is 19.2 Å². The van der Waals surface area contributed by atoms with Gasteiger partial charge in [0.25, 0.3) is 23.6 Å². The lowest BCUT2D eigenvalue weighted by Gasteiger charge is -2.07. The van der Waals surface area contributed by atoms with Crippen molar-refractivity contribution in [1.82, 2.24) is 15.0 Å². The summed E-state index contributed by atoms with van der Waals surface area (Å²) in [6, 6.07) is 11.3. The molecule has 3 aromatic rings. The zero-order valence-electron chi connectivity index (χ0n) is 14.5. The highest BCUT2D eigenvalue weighted by Gasteiger charge is 2.32. The number of aromatic nitrogens is 2. The van der Waals surface area contributed by atoms with Gasteiger partial charge in [0, 0.05) is 23.9 Å². The normalized spacial score (nSPS) is 13.0. The summed E-state index contributed by atoms with van der Waals surface area (Å²) in [6.45, 7) is 1.72. The van der Waals surface area contributed by atoms with Crippen LogP contribution < -0.4 is 5.32 Å². The number of amides is 3. The molecule has 2 aromatic carbocycles. The molecule has 0 saturated heterocycles. The van der Waals surface area contributed by atoms with E-state index in [1.807, 2.05) is 0 Å². The van der Waals surface area contributed by atoms with Gasteiger partial charge in [-0.3, -0.25) is 19.3 Å². The first kappa shape index (κ1) is 16.6. The number of anilines is 1. The van der Waals surface area contributed by atoms with Gasteiger partial charge < -0.3 is 9.84 Å². The van der Waals surface area contributed by atoms with E-state index in [9.17, 15) is 14.4 Å². The van der Waals surface area contributed by atoms with Gasteiger partial charge in [-0.1, -0.05) is 5.16 Å². The number of hydrogen-bond donors (Lipinski definition) is 1. The van der Waals surface area contributed by atoms with Gasteiger partial charge in [0.15, 0.2) is 5.82 Å². The molecule has 0 spiro atoms. The van der Waals surface area contributed by atoms with Crippen molar-refractivity contribution in [3.63, 3.8) is 0 Å². The van der Waals surface area contributed by atoms with Crippen molar-refractivity contribution >= 4 is 23.4 Å². The Morgan fingerprint density at radius 2 is 1.74 bits per heavy atom. The predicted molar refractivity (Wildman–Crippen MR) is 95.3 cm³/mol. The van der Waals surface area contributed by atoms with Crippen LogP contribution >= 0.6 is 0 Å². The van der Waals surface area contributed by atoms with Crippen molar-refractivity contribution in [3.8, 4) is 11.5 Å². The average Bonchev–Trinajstić information content (AvgIpc) is 3.20. The average molecular weight is 362 g/mol. The SMILES string of the molecule is Cc1noc(-c2ccc(C(=O)Nc3ccc4c(c3)C(=O)N(C)C4=O)cc2)n1. The maximum Gasteiger partial charge on any atom is 0.261 e. The Hall–Kier alpha value is -3.81. The molecule has 0 radical (unpaired) electrons. The van der Waals surface area contributed by atoms with Gasteiger partial charge >= 0.3 is 0 Å². The second kappa shape index (κ2) is 6.17. The van der Waals surface area contributed by atoms with Crippen LogP contribution in [0.2, 0.25) is 0 Å². The number of nitrogens with zero attached hydrogens (tertiary/aromatic N) is 3. The van der Waals surface area contributed by atoms with E-state index in [4.69, 9.17) is 4.52 Å². The molecule has 0 saturated carbocycles. The number of rotatable bonds is 3. The fourth-order valence-electron chi connectivity index (χ4n) is 2.82. The van der Waals surface area contributed by atoms with Crippen LogP contribution in [0.4, 0.5) is 5.69 Å². The summed E-state index contributed by atoms with van der Waals surface area (Å²) in [6.07, 6.45) is 0. The maximum atomic E-state index is 12.5. The summed E-state index contributed by atoms with van der Waals surface area (Å²) in [5, 5.41) is 6.46. The highest BCUT2D eigenvalue weighted by molar-refractivity contribution is 6.21. The first-order valence-electron chi connectivity index (χ1n) is 8.12. The molecule has 0 bridgehead atoms. The van der Waals surface area contributed by atoms with Crippen LogP contribution in [0.3, 0.4) is 0 Å². The third-order valence-corrected chi connectivity index (χ3v) is 4.27. The van der Waals surface area contributed by atoms with Gasteiger partial charge in [-0.05, 0) is 49.4 Å². The molecule has 0 unspecified atom stereocenters. The van der Waals surface area contributed by atoms with Crippen LogP contribution in [0.1, 0.15) is 36.9 Å². The van der Waals surface area contributed by atoms with Crippen LogP contribution in [0.5, 0.6) is 0 Å². The molecule has 1 aliphatic heterocycles. The van der Waals surface area contributed by atoms with Crippen molar-refractivity contribution < 1.29 is 18.9 Å². The second-order valence-electron chi connectivity index (χ2n) is 6.11. The molecule has 1 N–H and O–H groups in total. The van der Waals surface area contributed by atoms with Crippen LogP contribution in [0.15, 0.2) is 47.0 Å². The second-order valence-corrected chi connectivity index (χ2v) is 6.11. The number of aryl methyl sites for hydroxylation is 1. The molecule has 2 heterocycles. The van der Waals surface area contributed by atoms with E-state index in [2.05, 4.69) is 15.5 Å². The molecule has 8 nitrogen and oxygen atoms in total. The van der Waals surface area contributed by atoms with Gasteiger partial charge in [0.1, 0.15) is 0 Å². The number of nitrogens with one attached hydrogen (secondary N) is 1. The Kier molecular flexibility index (Phi) is 3.80. The number of carbonyl (C=O) groups is 3. The van der Waals surface area contributed by atoms with E-state index >= 15 is 0 Å². The number of fused-ring (bicyclic) bond motifs is 1.